The molecule has 0 bridgehead atoms. The van der Waals surface area contributed by atoms with Gasteiger partial charge in [-0.15, -0.1) is 0 Å². The fourth-order valence-corrected chi connectivity index (χ4v) is 2.58. The number of anilines is 3. The summed E-state index contributed by atoms with van der Waals surface area (Å²) in [4.78, 5) is 46.8. The average molecular weight is 451 g/mol. The van der Waals surface area contributed by atoms with E-state index in [0.717, 1.165) is 6.33 Å². The third-order valence-electron chi connectivity index (χ3n) is 4.17. The van der Waals surface area contributed by atoms with E-state index in [1.54, 1.807) is 12.1 Å². The highest BCUT2D eigenvalue weighted by Gasteiger charge is 2.24. The lowest BCUT2D eigenvalue weighted by molar-refractivity contribution is -0.383. The van der Waals surface area contributed by atoms with Crippen LogP contribution in [0.3, 0.4) is 0 Å². The van der Waals surface area contributed by atoms with Gasteiger partial charge in [-0.2, -0.15) is 0 Å². The highest BCUT2D eigenvalue weighted by molar-refractivity contribution is 5.95. The van der Waals surface area contributed by atoms with Gasteiger partial charge >= 0.3 is 11.7 Å². The molecule has 2 heterocycles. The van der Waals surface area contributed by atoms with Gasteiger partial charge in [-0.1, -0.05) is 13.8 Å². The van der Waals surface area contributed by atoms with Crippen molar-refractivity contribution in [2.45, 2.75) is 13.8 Å². The number of ether oxygens (including phenoxy) is 1. The lowest BCUT2D eigenvalue weighted by atomic mass is 10.2. The molecule has 0 aliphatic rings. The van der Waals surface area contributed by atoms with Crippen LogP contribution in [0.15, 0.2) is 55.1 Å². The van der Waals surface area contributed by atoms with Crippen LogP contribution >= 0.6 is 0 Å². The lowest BCUT2D eigenvalue weighted by Gasteiger charge is -2.11. The first-order valence-electron chi connectivity index (χ1n) is 9.85. The van der Waals surface area contributed by atoms with Gasteiger partial charge in [-0.25, -0.2) is 14.8 Å². The summed E-state index contributed by atoms with van der Waals surface area (Å²) in [6.45, 7) is 4.17. The van der Waals surface area contributed by atoms with Crippen molar-refractivity contribution >= 4 is 34.9 Å². The molecule has 0 saturated heterocycles. The van der Waals surface area contributed by atoms with Crippen molar-refractivity contribution < 1.29 is 19.2 Å². The van der Waals surface area contributed by atoms with Gasteiger partial charge in [0.05, 0.1) is 17.1 Å². The number of nitro groups is 1. The van der Waals surface area contributed by atoms with Gasteiger partial charge in [-0.3, -0.25) is 30.7 Å². The van der Waals surface area contributed by atoms with E-state index >= 15 is 0 Å². The van der Waals surface area contributed by atoms with Crippen molar-refractivity contribution in [1.82, 2.24) is 20.4 Å². The van der Waals surface area contributed by atoms with Gasteiger partial charge in [-0.05, 0) is 42.3 Å². The molecule has 0 radical (unpaired) electrons. The molecular formula is C21H21N7O5. The predicted octanol–water partition coefficient (Wildman–Crippen LogP) is 3.09. The second-order valence-electron chi connectivity index (χ2n) is 7.19. The van der Waals surface area contributed by atoms with Crippen LogP contribution in [0.1, 0.15) is 34.6 Å². The van der Waals surface area contributed by atoms with Crippen molar-refractivity contribution in [2.75, 3.05) is 17.3 Å². The number of hydrazine groups is 1. The van der Waals surface area contributed by atoms with Crippen LogP contribution in [0.5, 0.6) is 0 Å². The van der Waals surface area contributed by atoms with Crippen LogP contribution < -0.4 is 16.2 Å². The Kier molecular flexibility index (Phi) is 7.42. The first-order chi connectivity index (χ1) is 15.8. The molecule has 12 nitrogen and oxygen atoms in total. The molecular weight excluding hydrogens is 430 g/mol. The Bertz CT molecular complexity index is 1140. The summed E-state index contributed by atoms with van der Waals surface area (Å²) in [6.07, 6.45) is 3.99. The van der Waals surface area contributed by atoms with Crippen LogP contribution in [0, 0.1) is 16.0 Å². The molecule has 0 saturated carbocycles. The van der Waals surface area contributed by atoms with E-state index in [1.165, 1.54) is 36.7 Å². The Morgan fingerprint density at radius 1 is 1.03 bits per heavy atom. The van der Waals surface area contributed by atoms with Crippen LogP contribution in [0.2, 0.25) is 0 Å². The number of carbonyl (C=O) groups is 2. The van der Waals surface area contributed by atoms with Crippen LogP contribution in [-0.2, 0) is 4.74 Å². The third kappa shape index (κ3) is 6.19. The first kappa shape index (κ1) is 23.1. The fourth-order valence-electron chi connectivity index (χ4n) is 2.58. The van der Waals surface area contributed by atoms with Gasteiger partial charge < -0.3 is 10.1 Å². The average Bonchev–Trinajstić information content (AvgIpc) is 2.81. The number of amides is 1. The molecule has 0 spiro atoms. The van der Waals surface area contributed by atoms with Crippen molar-refractivity contribution in [3.05, 3.63) is 76.4 Å². The van der Waals surface area contributed by atoms with Gasteiger partial charge in [0.2, 0.25) is 11.6 Å². The Hall–Kier alpha value is -4.61. The lowest BCUT2D eigenvalue weighted by Crippen LogP contribution is -2.30. The third-order valence-corrected chi connectivity index (χ3v) is 4.17. The largest absolute Gasteiger partial charge is 0.462 e. The van der Waals surface area contributed by atoms with Crippen molar-refractivity contribution in [3.8, 4) is 0 Å². The first-order valence-corrected chi connectivity index (χ1v) is 9.85. The summed E-state index contributed by atoms with van der Waals surface area (Å²) in [5, 5.41) is 14.5. The number of aromatic nitrogens is 3. The fraction of sp³-hybridized carbons (Fsp3) is 0.190. The molecule has 0 fully saturated rings. The topological polar surface area (TPSA) is 161 Å². The molecule has 0 unspecified atom stereocenters. The number of nitrogens with one attached hydrogen (secondary N) is 3. The SMILES string of the molecule is CC(C)COC(=O)c1ccc(Nc2ncnc(NNC(=O)c3ccncc3)c2[N+](=O)[O-])cc1. The van der Waals surface area contributed by atoms with Gasteiger partial charge in [0.15, 0.2) is 0 Å². The molecule has 0 aliphatic heterocycles. The minimum atomic E-state index is -0.680. The minimum absolute atomic E-state index is 0.106. The maximum Gasteiger partial charge on any atom is 0.355 e. The number of pyridine rings is 1. The molecule has 0 atom stereocenters. The van der Waals surface area contributed by atoms with E-state index in [4.69, 9.17) is 4.74 Å². The van der Waals surface area contributed by atoms with E-state index in [9.17, 15) is 19.7 Å². The summed E-state index contributed by atoms with van der Waals surface area (Å²) in [6, 6.07) is 9.17. The van der Waals surface area contributed by atoms with Crippen LogP contribution in [0.25, 0.3) is 0 Å². The highest BCUT2D eigenvalue weighted by Crippen LogP contribution is 2.30. The maximum atomic E-state index is 12.2. The maximum absolute atomic E-state index is 12.2. The van der Waals surface area contributed by atoms with E-state index < -0.39 is 22.5 Å². The monoisotopic (exact) mass is 451 g/mol. The Morgan fingerprint density at radius 3 is 2.33 bits per heavy atom. The second kappa shape index (κ2) is 10.6. The summed E-state index contributed by atoms with van der Waals surface area (Å²) in [5.74, 6) is -1.09. The quantitative estimate of drug-likeness (QED) is 0.250. The number of hydrogen-bond acceptors (Lipinski definition) is 10. The highest BCUT2D eigenvalue weighted by atomic mass is 16.6. The summed E-state index contributed by atoms with van der Waals surface area (Å²) < 4.78 is 5.18. The van der Waals surface area contributed by atoms with Gasteiger partial charge in [0.1, 0.15) is 6.33 Å². The van der Waals surface area contributed by atoms with E-state index in [-0.39, 0.29) is 17.6 Å². The summed E-state index contributed by atoms with van der Waals surface area (Å²) in [7, 11) is 0. The molecule has 170 valence electrons. The number of carbonyl (C=O) groups excluding carboxylic acids is 2. The van der Waals surface area contributed by atoms with Crippen LogP contribution in [-0.4, -0.2) is 38.4 Å². The number of nitrogens with zero attached hydrogens (tertiary/aromatic N) is 4. The zero-order chi connectivity index (χ0) is 23.8. The summed E-state index contributed by atoms with van der Waals surface area (Å²) >= 11 is 0. The van der Waals surface area contributed by atoms with Gasteiger partial charge in [0.25, 0.3) is 5.91 Å². The predicted molar refractivity (Wildman–Crippen MR) is 119 cm³/mol. The smallest absolute Gasteiger partial charge is 0.355 e. The standard InChI is InChI=1S/C21H21N7O5/c1-13(2)11-33-21(30)15-3-5-16(6-4-15)25-18-17(28(31)32)19(24-12-23-18)26-27-20(29)14-7-9-22-10-8-14/h3-10,12-13H,11H2,1-2H3,(H,27,29)(H2,23,24,25,26). The number of rotatable bonds is 9. The van der Waals surface area contributed by atoms with Crippen LogP contribution in [0.4, 0.5) is 23.0 Å². The normalized spacial score (nSPS) is 10.4. The zero-order valence-corrected chi connectivity index (χ0v) is 17.8. The van der Waals surface area contributed by atoms with Crippen molar-refractivity contribution in [3.63, 3.8) is 0 Å². The number of hydrogen-bond donors (Lipinski definition) is 3. The van der Waals surface area contributed by atoms with Crippen molar-refractivity contribution in [1.29, 1.82) is 0 Å². The molecule has 3 rings (SSSR count). The number of benzene rings is 1. The Balaban J connectivity index is 1.73. The zero-order valence-electron chi connectivity index (χ0n) is 17.8. The Morgan fingerprint density at radius 2 is 1.70 bits per heavy atom. The number of esters is 1. The molecule has 1 aromatic carbocycles. The molecule has 12 heteroatoms. The molecule has 3 N–H and O–H groups in total. The summed E-state index contributed by atoms with van der Waals surface area (Å²) in [5.41, 5.74) is 5.42. The minimum Gasteiger partial charge on any atom is -0.462 e. The van der Waals surface area contributed by atoms with Gasteiger partial charge in [0, 0.05) is 23.6 Å². The molecule has 2 aromatic heterocycles. The molecule has 1 amide bonds. The molecule has 0 aliphatic carbocycles. The Labute approximate surface area is 188 Å². The van der Waals surface area contributed by atoms with E-state index in [2.05, 4.69) is 31.1 Å². The second-order valence-corrected chi connectivity index (χ2v) is 7.19. The molecule has 3 aromatic rings. The van der Waals surface area contributed by atoms with Crippen molar-refractivity contribution in [2.24, 2.45) is 5.92 Å². The molecule has 33 heavy (non-hydrogen) atoms. The van der Waals surface area contributed by atoms with E-state index in [1.807, 2.05) is 13.8 Å². The van der Waals surface area contributed by atoms with E-state index in [0.29, 0.717) is 23.4 Å².